The highest BCUT2D eigenvalue weighted by molar-refractivity contribution is 7.22. The summed E-state index contributed by atoms with van der Waals surface area (Å²) in [5.41, 5.74) is 3.75. The van der Waals surface area contributed by atoms with Crippen LogP contribution in [-0.2, 0) is 16.0 Å². The Labute approximate surface area is 241 Å². The molecule has 0 bridgehead atoms. The maximum Gasteiger partial charge on any atom is 0.301 e. The highest BCUT2D eigenvalue weighted by atomic mass is 32.1. The number of anilines is 1. The van der Waals surface area contributed by atoms with Crippen LogP contribution in [0.15, 0.2) is 60.2 Å². The number of Topliss-reactive ketones (excluding diaryl/α,β-unsaturated/α-hetero) is 1. The lowest BCUT2D eigenvalue weighted by atomic mass is 9.94. The zero-order chi connectivity index (χ0) is 28.8. The molecule has 2 aliphatic rings. The number of carbonyl (C=O) groups is 2. The van der Waals surface area contributed by atoms with E-state index < -0.39 is 17.7 Å². The Kier molecular flexibility index (Phi) is 6.91. The van der Waals surface area contributed by atoms with Crippen LogP contribution in [0.25, 0.3) is 16.0 Å². The van der Waals surface area contributed by atoms with Crippen molar-refractivity contribution in [2.75, 3.05) is 18.1 Å². The van der Waals surface area contributed by atoms with E-state index in [0.29, 0.717) is 47.4 Å². The monoisotopic (exact) mass is 570 g/mol. The smallest absolute Gasteiger partial charge is 0.301 e. The number of hydrogen-bond donors (Lipinski definition) is 1. The number of ether oxygens (including phenoxy) is 3. The molecule has 3 heterocycles. The molecule has 1 aromatic heterocycles. The summed E-state index contributed by atoms with van der Waals surface area (Å²) < 4.78 is 18.3. The molecule has 0 unspecified atom stereocenters. The molecule has 1 N–H and O–H groups in total. The van der Waals surface area contributed by atoms with E-state index in [9.17, 15) is 14.7 Å². The predicted octanol–water partition coefficient (Wildman–Crippen LogP) is 6.35. The maximum atomic E-state index is 13.7. The van der Waals surface area contributed by atoms with Crippen molar-refractivity contribution in [3.63, 3.8) is 0 Å². The average Bonchev–Trinajstić information content (AvgIpc) is 3.61. The number of aryl methyl sites for hydroxylation is 1. The Bertz CT molecular complexity index is 1720. The summed E-state index contributed by atoms with van der Waals surface area (Å²) in [5.74, 6) is 0.0159. The first kappa shape index (κ1) is 26.8. The molecule has 2 atom stereocenters. The van der Waals surface area contributed by atoms with Gasteiger partial charge in [-0.05, 0) is 86.8 Å². The van der Waals surface area contributed by atoms with Gasteiger partial charge in [-0.25, -0.2) is 4.98 Å². The molecule has 1 saturated heterocycles. The van der Waals surface area contributed by atoms with Gasteiger partial charge in [-0.15, -0.1) is 0 Å². The van der Waals surface area contributed by atoms with Crippen molar-refractivity contribution in [2.45, 2.75) is 46.3 Å². The van der Waals surface area contributed by atoms with Crippen molar-refractivity contribution in [1.82, 2.24) is 4.98 Å². The molecule has 6 rings (SSSR count). The van der Waals surface area contributed by atoms with Crippen LogP contribution in [0.5, 0.6) is 17.2 Å². The van der Waals surface area contributed by atoms with Crippen LogP contribution < -0.4 is 19.1 Å². The molecule has 8 nitrogen and oxygen atoms in total. The molecular weight excluding hydrogens is 540 g/mol. The number of thiazole rings is 1. The van der Waals surface area contributed by atoms with Crippen molar-refractivity contribution in [3.8, 4) is 17.2 Å². The summed E-state index contributed by atoms with van der Waals surface area (Å²) in [5, 5.41) is 12.0. The zero-order valence-corrected chi connectivity index (χ0v) is 24.1. The van der Waals surface area contributed by atoms with Crippen LogP contribution in [0.1, 0.15) is 49.1 Å². The maximum absolute atomic E-state index is 13.7. The highest BCUT2D eigenvalue weighted by Crippen LogP contribution is 2.46. The summed E-state index contributed by atoms with van der Waals surface area (Å²) in [7, 11) is 0. The summed E-state index contributed by atoms with van der Waals surface area (Å²) >= 11 is 1.33. The predicted molar refractivity (Wildman–Crippen MR) is 158 cm³/mol. The molecule has 0 saturated carbocycles. The van der Waals surface area contributed by atoms with Crippen molar-refractivity contribution in [2.24, 2.45) is 0 Å². The Morgan fingerprint density at radius 3 is 2.61 bits per heavy atom. The number of aromatic nitrogens is 1. The first-order valence-corrected chi connectivity index (χ1v) is 14.5. The number of aliphatic hydroxyl groups excluding tert-OH is 1. The van der Waals surface area contributed by atoms with Gasteiger partial charge in [0.15, 0.2) is 16.6 Å². The second-order valence-electron chi connectivity index (χ2n) is 10.2. The van der Waals surface area contributed by atoms with E-state index >= 15 is 0 Å². The number of amides is 1. The molecule has 0 spiro atoms. The van der Waals surface area contributed by atoms with Crippen LogP contribution in [-0.4, -0.2) is 41.1 Å². The van der Waals surface area contributed by atoms with E-state index in [1.54, 1.807) is 30.3 Å². The van der Waals surface area contributed by atoms with Gasteiger partial charge in [0.1, 0.15) is 17.6 Å². The molecule has 4 aromatic rings. The normalized spacial score (nSPS) is 19.5. The molecule has 1 amide bonds. The number of benzene rings is 3. The number of hydrogen-bond acceptors (Lipinski definition) is 8. The van der Waals surface area contributed by atoms with Crippen LogP contribution in [0.3, 0.4) is 0 Å². The van der Waals surface area contributed by atoms with Crippen LogP contribution in [0.4, 0.5) is 5.13 Å². The number of nitrogens with zero attached hydrogens (tertiary/aromatic N) is 2. The highest BCUT2D eigenvalue weighted by Gasteiger charge is 2.48. The molecule has 3 aromatic carbocycles. The minimum atomic E-state index is -0.935. The molecule has 0 radical (unpaired) electrons. The Balaban J connectivity index is 1.55. The quantitative estimate of drug-likeness (QED) is 0.157. The fourth-order valence-electron chi connectivity index (χ4n) is 5.43. The second-order valence-corrected chi connectivity index (χ2v) is 11.2. The second kappa shape index (κ2) is 10.6. The Morgan fingerprint density at radius 1 is 1.05 bits per heavy atom. The first-order valence-electron chi connectivity index (χ1n) is 13.7. The fourth-order valence-corrected chi connectivity index (χ4v) is 6.52. The molecular formula is C32H30N2O6S. The van der Waals surface area contributed by atoms with Gasteiger partial charge < -0.3 is 19.3 Å². The van der Waals surface area contributed by atoms with Gasteiger partial charge in [0, 0.05) is 12.0 Å². The fraction of sp³-hybridized carbons (Fsp3) is 0.281. The van der Waals surface area contributed by atoms with Gasteiger partial charge in [0.2, 0.25) is 0 Å². The minimum Gasteiger partial charge on any atom is -0.507 e. The minimum absolute atomic E-state index is 0.0102. The lowest BCUT2D eigenvalue weighted by Gasteiger charge is -2.24. The van der Waals surface area contributed by atoms with Gasteiger partial charge in [0.25, 0.3) is 5.78 Å². The van der Waals surface area contributed by atoms with Crippen LogP contribution in [0, 0.1) is 6.92 Å². The van der Waals surface area contributed by atoms with E-state index in [0.717, 1.165) is 27.1 Å². The number of aliphatic hydroxyl groups is 1. The van der Waals surface area contributed by atoms with Gasteiger partial charge >= 0.3 is 5.91 Å². The van der Waals surface area contributed by atoms with E-state index in [1.807, 2.05) is 52.0 Å². The largest absolute Gasteiger partial charge is 0.507 e. The van der Waals surface area contributed by atoms with Crippen LogP contribution >= 0.6 is 11.3 Å². The Morgan fingerprint density at radius 2 is 1.83 bits per heavy atom. The van der Waals surface area contributed by atoms with E-state index in [1.165, 1.54) is 16.2 Å². The van der Waals surface area contributed by atoms with E-state index in [2.05, 4.69) is 0 Å². The van der Waals surface area contributed by atoms with Gasteiger partial charge in [-0.3, -0.25) is 14.5 Å². The molecule has 210 valence electrons. The third-order valence-corrected chi connectivity index (χ3v) is 8.25. The molecule has 1 fully saturated rings. The average molecular weight is 571 g/mol. The van der Waals surface area contributed by atoms with Crippen LogP contribution in [0.2, 0.25) is 0 Å². The third kappa shape index (κ3) is 4.70. The lowest BCUT2D eigenvalue weighted by Crippen LogP contribution is -2.29. The zero-order valence-electron chi connectivity index (χ0n) is 23.3. The van der Waals surface area contributed by atoms with Gasteiger partial charge in [-0.2, -0.15) is 0 Å². The third-order valence-electron chi connectivity index (χ3n) is 7.24. The van der Waals surface area contributed by atoms with Gasteiger partial charge in [0.05, 0.1) is 35.0 Å². The molecule has 41 heavy (non-hydrogen) atoms. The van der Waals surface area contributed by atoms with Crippen molar-refractivity contribution in [3.05, 3.63) is 82.4 Å². The SMILES string of the molecule is CCOc1ccc([C@H]2/C(=C(\O)c3ccc4c(c3)C[C@H](C)O4)C(=O)C(=O)N2c2nc3ccc(C)cc3s2)cc1OCC. The van der Waals surface area contributed by atoms with Crippen molar-refractivity contribution >= 4 is 44.1 Å². The molecule has 0 aliphatic carbocycles. The summed E-state index contributed by atoms with van der Waals surface area (Å²) in [6.45, 7) is 8.57. The molecule has 2 aliphatic heterocycles. The summed E-state index contributed by atoms with van der Waals surface area (Å²) in [6, 6.07) is 15.6. The van der Waals surface area contributed by atoms with E-state index in [-0.39, 0.29) is 17.4 Å². The Hall–Kier alpha value is -4.37. The van der Waals surface area contributed by atoms with E-state index in [4.69, 9.17) is 19.2 Å². The topological polar surface area (TPSA) is 98.2 Å². The van der Waals surface area contributed by atoms with Crippen molar-refractivity contribution in [1.29, 1.82) is 0 Å². The standard InChI is InChI=1S/C32H30N2O6S/c1-5-38-24-12-8-19(16-25(24)39-6-2)28-27(29(35)20-9-11-23-21(15-20)14-18(4)40-23)30(36)31(37)34(28)32-33-22-10-7-17(3)13-26(22)41-32/h7-13,15-16,18,28,35H,5-6,14H2,1-4H3/b29-27+/t18-,28-/m0/s1. The summed E-state index contributed by atoms with van der Waals surface area (Å²) in [6.07, 6.45) is 0.715. The summed E-state index contributed by atoms with van der Waals surface area (Å²) in [4.78, 5) is 33.5. The number of carbonyl (C=O) groups excluding carboxylic acids is 2. The van der Waals surface area contributed by atoms with Crippen molar-refractivity contribution < 1.29 is 28.9 Å². The first-order chi connectivity index (χ1) is 19.8. The van der Waals surface area contributed by atoms with Gasteiger partial charge in [-0.1, -0.05) is 23.5 Å². The lowest BCUT2D eigenvalue weighted by molar-refractivity contribution is -0.132. The number of ketones is 1. The number of fused-ring (bicyclic) bond motifs is 2. The number of rotatable bonds is 7. The molecule has 9 heteroatoms.